The zero-order valence-corrected chi connectivity index (χ0v) is 20.9. The van der Waals surface area contributed by atoms with Crippen molar-refractivity contribution in [3.63, 3.8) is 0 Å². The number of carbonyl (C=O) groups excluding carboxylic acids is 2. The van der Waals surface area contributed by atoms with Crippen LogP contribution in [-0.4, -0.2) is 54.6 Å². The summed E-state index contributed by atoms with van der Waals surface area (Å²) < 4.78 is 26.6. The molecule has 1 unspecified atom stereocenters. The summed E-state index contributed by atoms with van der Waals surface area (Å²) >= 11 is 0. The van der Waals surface area contributed by atoms with Gasteiger partial charge in [-0.25, -0.2) is 12.7 Å². The molecule has 0 bridgehead atoms. The van der Waals surface area contributed by atoms with E-state index in [4.69, 9.17) is 0 Å². The number of benzene rings is 2. The van der Waals surface area contributed by atoms with Gasteiger partial charge in [0.25, 0.3) is 0 Å². The first kappa shape index (κ1) is 26.5. The molecule has 0 aliphatic heterocycles. The zero-order valence-electron chi connectivity index (χ0n) is 20.1. The fourth-order valence-corrected chi connectivity index (χ4v) is 4.56. The van der Waals surface area contributed by atoms with Crippen molar-refractivity contribution in [1.29, 1.82) is 0 Å². The molecule has 33 heavy (non-hydrogen) atoms. The summed E-state index contributed by atoms with van der Waals surface area (Å²) in [6.07, 6.45) is 0.481. The molecule has 0 saturated heterocycles. The van der Waals surface area contributed by atoms with Crippen LogP contribution in [0.5, 0.6) is 0 Å². The van der Waals surface area contributed by atoms with Gasteiger partial charge in [0.2, 0.25) is 21.8 Å². The van der Waals surface area contributed by atoms with Crippen LogP contribution in [0.1, 0.15) is 46.1 Å². The van der Waals surface area contributed by atoms with Gasteiger partial charge in [0.1, 0.15) is 6.04 Å². The summed E-state index contributed by atoms with van der Waals surface area (Å²) in [5.41, 5.74) is 0.506. The molecule has 0 aliphatic rings. The van der Waals surface area contributed by atoms with Crippen LogP contribution in [-0.2, 0) is 26.2 Å². The first-order chi connectivity index (χ1) is 15.4. The number of sulfonamides is 1. The largest absolute Gasteiger partial charge is 0.350 e. The molecule has 2 aromatic rings. The molecule has 1 atom stereocenters. The van der Waals surface area contributed by atoms with Crippen LogP contribution in [0.4, 0.5) is 0 Å². The van der Waals surface area contributed by atoms with E-state index in [1.54, 1.807) is 42.2 Å². The van der Waals surface area contributed by atoms with Gasteiger partial charge in [-0.3, -0.25) is 9.59 Å². The van der Waals surface area contributed by atoms with Gasteiger partial charge in [0.05, 0.1) is 4.90 Å². The van der Waals surface area contributed by atoms with Crippen molar-refractivity contribution in [3.05, 3.63) is 66.2 Å². The van der Waals surface area contributed by atoms with Crippen LogP contribution in [0.2, 0.25) is 0 Å². The van der Waals surface area contributed by atoms with E-state index in [2.05, 4.69) is 5.32 Å². The van der Waals surface area contributed by atoms with E-state index in [1.165, 1.54) is 11.4 Å². The molecule has 0 aliphatic carbocycles. The summed E-state index contributed by atoms with van der Waals surface area (Å²) in [4.78, 5) is 27.7. The van der Waals surface area contributed by atoms with Crippen LogP contribution < -0.4 is 5.32 Å². The lowest BCUT2D eigenvalue weighted by atomic mass is 10.1. The Morgan fingerprint density at radius 2 is 1.52 bits per heavy atom. The number of hydrogen-bond acceptors (Lipinski definition) is 4. The van der Waals surface area contributed by atoms with Crippen LogP contribution in [0.3, 0.4) is 0 Å². The third kappa shape index (κ3) is 7.98. The second kappa shape index (κ2) is 11.4. The summed E-state index contributed by atoms with van der Waals surface area (Å²) in [5, 5.41) is 2.93. The minimum atomic E-state index is -3.61. The maximum absolute atomic E-state index is 13.1. The van der Waals surface area contributed by atoms with Gasteiger partial charge < -0.3 is 10.2 Å². The third-order valence-electron chi connectivity index (χ3n) is 5.18. The summed E-state index contributed by atoms with van der Waals surface area (Å²) in [5.74, 6) is -0.420. The van der Waals surface area contributed by atoms with Crippen molar-refractivity contribution < 1.29 is 18.0 Å². The summed E-state index contributed by atoms with van der Waals surface area (Å²) in [6.45, 7) is 7.90. The maximum atomic E-state index is 13.1. The topological polar surface area (TPSA) is 86.8 Å². The van der Waals surface area contributed by atoms with Crippen molar-refractivity contribution in [2.45, 2.75) is 63.6 Å². The fourth-order valence-electron chi connectivity index (χ4n) is 3.33. The monoisotopic (exact) mass is 473 g/mol. The molecular weight excluding hydrogens is 438 g/mol. The molecule has 0 spiro atoms. The predicted octanol–water partition coefficient (Wildman–Crippen LogP) is 3.42. The Labute approximate surface area is 197 Å². The van der Waals surface area contributed by atoms with Crippen LogP contribution in [0.15, 0.2) is 65.6 Å². The van der Waals surface area contributed by atoms with Gasteiger partial charge >= 0.3 is 0 Å². The summed E-state index contributed by atoms with van der Waals surface area (Å²) in [6, 6.07) is 17.0. The lowest BCUT2D eigenvalue weighted by Crippen LogP contribution is -2.52. The SMILES string of the molecule is CC(C(=O)NC(C)(C)C)N(Cc1ccccc1)C(=O)CCCN(C)S(=O)(=O)c1ccccc1. The first-order valence-corrected chi connectivity index (χ1v) is 12.5. The normalized spacial score (nSPS) is 12.9. The smallest absolute Gasteiger partial charge is 0.242 e. The molecule has 2 rings (SSSR count). The Morgan fingerprint density at radius 3 is 2.06 bits per heavy atom. The van der Waals surface area contributed by atoms with Gasteiger partial charge in [0, 0.05) is 32.1 Å². The van der Waals surface area contributed by atoms with E-state index >= 15 is 0 Å². The van der Waals surface area contributed by atoms with Gasteiger partial charge in [-0.2, -0.15) is 0 Å². The Hall–Kier alpha value is -2.71. The molecule has 180 valence electrons. The number of carbonyl (C=O) groups is 2. The molecule has 0 fully saturated rings. The van der Waals surface area contributed by atoms with Crippen LogP contribution >= 0.6 is 0 Å². The third-order valence-corrected chi connectivity index (χ3v) is 7.05. The molecule has 0 aromatic heterocycles. The van der Waals surface area contributed by atoms with Crippen molar-refractivity contribution >= 4 is 21.8 Å². The molecular formula is C25H35N3O4S. The van der Waals surface area contributed by atoms with E-state index in [9.17, 15) is 18.0 Å². The van der Waals surface area contributed by atoms with Gasteiger partial charge in [0.15, 0.2) is 0 Å². The van der Waals surface area contributed by atoms with Crippen molar-refractivity contribution in [3.8, 4) is 0 Å². The Morgan fingerprint density at radius 1 is 0.970 bits per heavy atom. The molecule has 8 heteroatoms. The highest BCUT2D eigenvalue weighted by molar-refractivity contribution is 7.89. The number of amides is 2. The van der Waals surface area contributed by atoms with Crippen molar-refractivity contribution in [2.75, 3.05) is 13.6 Å². The molecule has 0 saturated carbocycles. The van der Waals surface area contributed by atoms with E-state index in [0.29, 0.717) is 13.0 Å². The number of rotatable bonds is 10. The molecule has 0 radical (unpaired) electrons. The second-order valence-electron chi connectivity index (χ2n) is 9.17. The lowest BCUT2D eigenvalue weighted by Gasteiger charge is -2.31. The standard InChI is InChI=1S/C25H35N3O4S/c1-20(24(30)26-25(2,3)4)28(19-21-13-8-6-9-14-21)23(29)17-12-18-27(5)33(31,32)22-15-10-7-11-16-22/h6-11,13-16,20H,12,17-19H2,1-5H3,(H,26,30). The zero-order chi connectivity index (χ0) is 24.6. The molecule has 2 aromatic carbocycles. The number of nitrogens with one attached hydrogen (secondary N) is 1. The Bertz CT molecular complexity index is 1020. The van der Waals surface area contributed by atoms with E-state index < -0.39 is 21.6 Å². The van der Waals surface area contributed by atoms with E-state index in [0.717, 1.165) is 5.56 Å². The highest BCUT2D eigenvalue weighted by Gasteiger charge is 2.28. The molecule has 1 N–H and O–H groups in total. The predicted molar refractivity (Wildman–Crippen MR) is 130 cm³/mol. The van der Waals surface area contributed by atoms with E-state index in [1.807, 2.05) is 51.1 Å². The highest BCUT2D eigenvalue weighted by atomic mass is 32.2. The second-order valence-corrected chi connectivity index (χ2v) is 11.2. The van der Waals surface area contributed by atoms with E-state index in [-0.39, 0.29) is 29.7 Å². The average molecular weight is 474 g/mol. The molecule has 7 nitrogen and oxygen atoms in total. The maximum Gasteiger partial charge on any atom is 0.242 e. The van der Waals surface area contributed by atoms with Crippen molar-refractivity contribution in [2.24, 2.45) is 0 Å². The number of nitrogens with zero attached hydrogens (tertiary/aromatic N) is 2. The highest BCUT2D eigenvalue weighted by Crippen LogP contribution is 2.16. The molecule has 0 heterocycles. The number of hydrogen-bond donors (Lipinski definition) is 1. The average Bonchev–Trinajstić information content (AvgIpc) is 2.77. The Balaban J connectivity index is 2.07. The van der Waals surface area contributed by atoms with Crippen LogP contribution in [0, 0.1) is 0 Å². The van der Waals surface area contributed by atoms with Gasteiger partial charge in [-0.05, 0) is 51.8 Å². The fraction of sp³-hybridized carbons (Fsp3) is 0.440. The minimum absolute atomic E-state index is 0.134. The lowest BCUT2D eigenvalue weighted by molar-refractivity contribution is -0.141. The molecule has 2 amide bonds. The van der Waals surface area contributed by atoms with Gasteiger partial charge in [-0.15, -0.1) is 0 Å². The Kier molecular flexibility index (Phi) is 9.19. The van der Waals surface area contributed by atoms with Crippen LogP contribution in [0.25, 0.3) is 0 Å². The first-order valence-electron chi connectivity index (χ1n) is 11.1. The minimum Gasteiger partial charge on any atom is -0.350 e. The summed E-state index contributed by atoms with van der Waals surface area (Å²) in [7, 11) is -2.10. The van der Waals surface area contributed by atoms with Crippen molar-refractivity contribution in [1.82, 2.24) is 14.5 Å². The van der Waals surface area contributed by atoms with Gasteiger partial charge in [-0.1, -0.05) is 48.5 Å². The quantitative estimate of drug-likeness (QED) is 0.573.